The number of likely N-dealkylation sites (tertiary alicyclic amines) is 1. The van der Waals surface area contributed by atoms with Crippen LogP contribution in [0.1, 0.15) is 37.2 Å². The molecule has 1 aliphatic carbocycles. The smallest absolute Gasteiger partial charge is 0.303 e. The Morgan fingerprint density at radius 3 is 2.41 bits per heavy atom. The van der Waals surface area contributed by atoms with Crippen molar-refractivity contribution < 1.29 is 19.1 Å². The summed E-state index contributed by atoms with van der Waals surface area (Å²) in [6.07, 6.45) is 2.57. The lowest BCUT2D eigenvalue weighted by Gasteiger charge is -2.31. The number of carbonyl (C=O) groups is 2. The molecule has 0 spiro atoms. The van der Waals surface area contributed by atoms with Crippen LogP contribution in [0.5, 0.6) is 0 Å². The number of nitrogens with zero attached hydrogens (tertiary/aromatic N) is 1. The normalized spacial score (nSPS) is 25.0. The Morgan fingerprint density at radius 1 is 1.18 bits per heavy atom. The minimum atomic E-state index is -0.761. The minimum absolute atomic E-state index is 0.0153. The Hall–Kier alpha value is -1.91. The van der Waals surface area contributed by atoms with Gasteiger partial charge in [0, 0.05) is 25.4 Å². The third-order valence-corrected chi connectivity index (χ3v) is 4.80. The van der Waals surface area contributed by atoms with Crippen molar-refractivity contribution in [2.24, 2.45) is 11.8 Å². The summed E-state index contributed by atoms with van der Waals surface area (Å²) in [5.74, 6) is -0.431. The fourth-order valence-corrected chi connectivity index (χ4v) is 3.39. The van der Waals surface area contributed by atoms with Crippen molar-refractivity contribution in [1.29, 1.82) is 0 Å². The Bertz CT molecular complexity index is 564. The lowest BCUT2D eigenvalue weighted by atomic mass is 9.93. The summed E-state index contributed by atoms with van der Waals surface area (Å²) >= 11 is 0. The highest BCUT2D eigenvalue weighted by molar-refractivity contribution is 5.83. The molecule has 2 atom stereocenters. The molecule has 1 saturated heterocycles. The van der Waals surface area contributed by atoms with Crippen molar-refractivity contribution in [2.75, 3.05) is 13.1 Å². The van der Waals surface area contributed by atoms with Crippen molar-refractivity contribution in [3.8, 4) is 0 Å². The molecule has 1 N–H and O–H groups in total. The first-order valence-corrected chi connectivity index (χ1v) is 7.80. The van der Waals surface area contributed by atoms with Gasteiger partial charge in [-0.25, -0.2) is 4.39 Å². The van der Waals surface area contributed by atoms with Gasteiger partial charge >= 0.3 is 5.97 Å². The van der Waals surface area contributed by atoms with Gasteiger partial charge in [-0.1, -0.05) is 12.1 Å². The lowest BCUT2D eigenvalue weighted by molar-refractivity contribution is -0.138. The second-order valence-corrected chi connectivity index (χ2v) is 6.37. The van der Waals surface area contributed by atoms with E-state index in [1.165, 1.54) is 12.1 Å². The van der Waals surface area contributed by atoms with E-state index in [9.17, 15) is 14.0 Å². The number of hydrogen-bond donors (Lipinski definition) is 1. The molecule has 1 aromatic rings. The third-order valence-electron chi connectivity index (χ3n) is 4.80. The summed E-state index contributed by atoms with van der Waals surface area (Å²) in [5, 5.41) is 8.81. The summed E-state index contributed by atoms with van der Waals surface area (Å²) in [7, 11) is 0. The van der Waals surface area contributed by atoms with Gasteiger partial charge < -0.3 is 10.0 Å². The molecule has 118 valence electrons. The van der Waals surface area contributed by atoms with Crippen LogP contribution in [0, 0.1) is 17.7 Å². The first-order chi connectivity index (χ1) is 10.5. The molecule has 4 nitrogen and oxygen atoms in total. The van der Waals surface area contributed by atoms with Gasteiger partial charge in [0.25, 0.3) is 0 Å². The molecular weight excluding hydrogens is 285 g/mol. The molecule has 1 saturated carbocycles. The molecule has 0 aromatic heterocycles. The second-order valence-electron chi connectivity index (χ2n) is 6.37. The maximum Gasteiger partial charge on any atom is 0.303 e. The summed E-state index contributed by atoms with van der Waals surface area (Å²) in [5.41, 5.74) is 1.03. The first-order valence-electron chi connectivity index (χ1n) is 7.80. The van der Waals surface area contributed by atoms with E-state index in [0.29, 0.717) is 13.1 Å². The highest BCUT2D eigenvalue weighted by Crippen LogP contribution is 2.48. The Labute approximate surface area is 128 Å². The zero-order valence-electron chi connectivity index (χ0n) is 12.4. The maximum absolute atomic E-state index is 12.9. The summed E-state index contributed by atoms with van der Waals surface area (Å²) < 4.78 is 12.9. The standard InChI is InChI=1S/C17H20FNO3/c18-13-3-1-12(2-4-13)14-10-15(14)17(22)19-7-5-11(6-8-19)9-16(20)21/h1-4,11,14-15H,5-10H2,(H,20,21). The predicted molar refractivity (Wildman–Crippen MR) is 78.8 cm³/mol. The molecule has 1 heterocycles. The molecular formula is C17H20FNO3. The molecule has 2 unspecified atom stereocenters. The minimum Gasteiger partial charge on any atom is -0.481 e. The molecule has 3 rings (SSSR count). The van der Waals surface area contributed by atoms with Crippen LogP contribution in [-0.4, -0.2) is 35.0 Å². The number of rotatable bonds is 4. The van der Waals surface area contributed by atoms with Crippen LogP contribution in [0.3, 0.4) is 0 Å². The molecule has 1 amide bonds. The van der Waals surface area contributed by atoms with Crippen molar-refractivity contribution in [1.82, 2.24) is 4.90 Å². The largest absolute Gasteiger partial charge is 0.481 e. The molecule has 1 aromatic carbocycles. The third kappa shape index (κ3) is 3.29. The monoisotopic (exact) mass is 305 g/mol. The van der Waals surface area contributed by atoms with Gasteiger partial charge in [-0.05, 0) is 48.8 Å². The average molecular weight is 305 g/mol. The fraction of sp³-hybridized carbons (Fsp3) is 0.529. The molecule has 5 heteroatoms. The highest BCUT2D eigenvalue weighted by Gasteiger charge is 2.46. The predicted octanol–water partition coefficient (Wildman–Crippen LogP) is 2.64. The molecule has 22 heavy (non-hydrogen) atoms. The van der Waals surface area contributed by atoms with E-state index in [0.717, 1.165) is 24.8 Å². The lowest BCUT2D eigenvalue weighted by Crippen LogP contribution is -2.39. The van der Waals surface area contributed by atoms with Crippen LogP contribution >= 0.6 is 0 Å². The number of halogens is 1. The topological polar surface area (TPSA) is 57.6 Å². The number of amides is 1. The Kier molecular flexibility index (Phi) is 4.14. The summed E-state index contributed by atoms with van der Waals surface area (Å²) in [6.45, 7) is 1.31. The van der Waals surface area contributed by atoms with E-state index in [2.05, 4.69) is 0 Å². The number of benzene rings is 1. The Morgan fingerprint density at radius 2 is 1.82 bits per heavy atom. The van der Waals surface area contributed by atoms with Gasteiger partial charge in [0.1, 0.15) is 5.82 Å². The van der Waals surface area contributed by atoms with Gasteiger partial charge in [0.2, 0.25) is 5.91 Å². The first kappa shape index (κ1) is 15.0. The van der Waals surface area contributed by atoms with Crippen molar-refractivity contribution >= 4 is 11.9 Å². The van der Waals surface area contributed by atoms with Crippen molar-refractivity contribution in [2.45, 2.75) is 31.6 Å². The zero-order valence-corrected chi connectivity index (χ0v) is 12.4. The van der Waals surface area contributed by atoms with Crippen LogP contribution in [0.4, 0.5) is 4.39 Å². The van der Waals surface area contributed by atoms with Crippen molar-refractivity contribution in [3.63, 3.8) is 0 Å². The number of carbonyl (C=O) groups excluding carboxylic acids is 1. The molecule has 2 aliphatic rings. The number of aliphatic carboxylic acids is 1. The van der Waals surface area contributed by atoms with Crippen LogP contribution < -0.4 is 0 Å². The number of hydrogen-bond acceptors (Lipinski definition) is 2. The molecule has 1 aliphatic heterocycles. The number of piperidine rings is 1. The van der Waals surface area contributed by atoms with Gasteiger partial charge in [-0.2, -0.15) is 0 Å². The SMILES string of the molecule is O=C(O)CC1CCN(C(=O)C2CC2c2ccc(F)cc2)CC1. The van der Waals surface area contributed by atoms with Crippen LogP contribution in [0.25, 0.3) is 0 Å². The van der Waals surface area contributed by atoms with Gasteiger partial charge in [-0.3, -0.25) is 9.59 Å². The summed E-state index contributed by atoms with van der Waals surface area (Å²) in [4.78, 5) is 25.1. The zero-order chi connectivity index (χ0) is 15.7. The number of carboxylic acids is 1. The highest BCUT2D eigenvalue weighted by atomic mass is 19.1. The van der Waals surface area contributed by atoms with E-state index in [-0.39, 0.29) is 35.9 Å². The van der Waals surface area contributed by atoms with Crippen molar-refractivity contribution in [3.05, 3.63) is 35.6 Å². The van der Waals surface area contributed by atoms with E-state index in [4.69, 9.17) is 5.11 Å². The molecule has 2 fully saturated rings. The van der Waals surface area contributed by atoms with Gasteiger partial charge in [-0.15, -0.1) is 0 Å². The van der Waals surface area contributed by atoms with E-state index in [1.54, 1.807) is 12.1 Å². The molecule has 0 bridgehead atoms. The van der Waals surface area contributed by atoms with Crippen LogP contribution in [0.2, 0.25) is 0 Å². The Balaban J connectivity index is 1.52. The average Bonchev–Trinajstić information content (AvgIpc) is 3.28. The quantitative estimate of drug-likeness (QED) is 0.930. The van der Waals surface area contributed by atoms with Crippen LogP contribution in [0.15, 0.2) is 24.3 Å². The van der Waals surface area contributed by atoms with Gasteiger partial charge in [0.15, 0.2) is 0 Å². The van der Waals surface area contributed by atoms with E-state index < -0.39 is 5.97 Å². The second kappa shape index (κ2) is 6.07. The number of carboxylic acid groups (broad SMARTS) is 1. The van der Waals surface area contributed by atoms with Crippen LogP contribution in [-0.2, 0) is 9.59 Å². The maximum atomic E-state index is 12.9. The molecule has 0 radical (unpaired) electrons. The fourth-order valence-electron chi connectivity index (χ4n) is 3.39. The van der Waals surface area contributed by atoms with E-state index in [1.807, 2.05) is 4.90 Å². The van der Waals surface area contributed by atoms with Gasteiger partial charge in [0.05, 0.1) is 0 Å². The summed E-state index contributed by atoms with van der Waals surface area (Å²) in [6, 6.07) is 6.39. The van der Waals surface area contributed by atoms with E-state index >= 15 is 0 Å².